The predicted octanol–water partition coefficient (Wildman–Crippen LogP) is 3.79. The Morgan fingerprint density at radius 1 is 1.07 bits per heavy atom. The maximum absolute atomic E-state index is 13.8. The average Bonchev–Trinajstić information content (AvgIpc) is 3.53. The van der Waals surface area contributed by atoms with Crippen LogP contribution in [0.4, 0.5) is 5.82 Å². The third-order valence-electron chi connectivity index (χ3n) is 6.09. The molecular formula is C29H31N9O6S. The first-order valence-electron chi connectivity index (χ1n) is 14.4. The number of aliphatic hydroxyl groups is 1. The second kappa shape index (κ2) is 12.4. The summed E-state index contributed by atoms with van der Waals surface area (Å²) in [7, 11) is -3.02. The van der Waals surface area contributed by atoms with Gasteiger partial charge in [-0.15, -0.1) is 5.10 Å². The first kappa shape index (κ1) is 28.5. The molecule has 15 nitrogen and oxygen atoms in total. The second-order valence-electron chi connectivity index (χ2n) is 10.4. The third-order valence-corrected chi connectivity index (χ3v) is 7.49. The first-order valence-corrected chi connectivity index (χ1v) is 14.9. The summed E-state index contributed by atoms with van der Waals surface area (Å²) in [4.78, 5) is 17.3. The standard InChI is InChI=1S/C29H31N9O6S/c1-16-12-18(3)28(31-14-16)45(40,41)36-26-23(44-22-17(2)8-7-9-21(22)42-6)27(43-15-29(4,5)39)33-24(32-26)19-10-11-30-20(13-19)25-34-37-38-35-25/h7-14,39H,15H2,1-6H3,(H,32,33,36)(H,34,35,37,38)/i15D2. The molecule has 3 N–H and O–H groups in total. The number of aromatic nitrogens is 8. The van der Waals surface area contributed by atoms with E-state index in [0.717, 1.165) is 5.56 Å². The van der Waals surface area contributed by atoms with E-state index in [0.29, 0.717) is 22.4 Å². The number of pyridine rings is 2. The van der Waals surface area contributed by atoms with Gasteiger partial charge in [-0.2, -0.15) is 13.4 Å². The molecule has 0 saturated heterocycles. The van der Waals surface area contributed by atoms with Gasteiger partial charge in [0.2, 0.25) is 5.75 Å². The highest BCUT2D eigenvalue weighted by molar-refractivity contribution is 7.92. The van der Waals surface area contributed by atoms with Crippen molar-refractivity contribution >= 4 is 15.8 Å². The van der Waals surface area contributed by atoms with Crippen LogP contribution in [0.1, 0.15) is 33.3 Å². The van der Waals surface area contributed by atoms with E-state index in [9.17, 15) is 13.5 Å². The number of anilines is 1. The Morgan fingerprint density at radius 2 is 1.87 bits per heavy atom. The number of hydrogen-bond donors (Lipinski definition) is 3. The molecule has 0 atom stereocenters. The fourth-order valence-electron chi connectivity index (χ4n) is 4.11. The predicted molar refractivity (Wildman–Crippen MR) is 163 cm³/mol. The Morgan fingerprint density at radius 3 is 2.56 bits per heavy atom. The lowest BCUT2D eigenvalue weighted by Crippen LogP contribution is -2.28. The van der Waals surface area contributed by atoms with Gasteiger partial charge in [0, 0.05) is 18.0 Å². The van der Waals surface area contributed by atoms with Crippen molar-refractivity contribution in [3.8, 4) is 46.0 Å². The Hall–Kier alpha value is -5.22. The number of benzene rings is 1. The molecule has 0 amide bonds. The number of rotatable bonds is 11. The van der Waals surface area contributed by atoms with E-state index in [1.54, 1.807) is 45.0 Å². The number of H-pyrrole nitrogens is 1. The molecule has 5 rings (SSSR count). The number of methoxy groups -OCH3 is 1. The molecule has 0 saturated carbocycles. The maximum Gasteiger partial charge on any atom is 0.280 e. The van der Waals surface area contributed by atoms with Crippen LogP contribution in [0.3, 0.4) is 0 Å². The molecule has 5 aromatic rings. The number of nitrogens with zero attached hydrogens (tertiary/aromatic N) is 7. The molecule has 4 heterocycles. The first-order chi connectivity index (χ1) is 22.1. The Labute approximate surface area is 261 Å². The molecule has 234 valence electrons. The van der Waals surface area contributed by atoms with Crippen molar-refractivity contribution in [2.24, 2.45) is 0 Å². The summed E-state index contributed by atoms with van der Waals surface area (Å²) in [5.41, 5.74) is 0.239. The van der Waals surface area contributed by atoms with Gasteiger partial charge in [-0.1, -0.05) is 18.2 Å². The maximum atomic E-state index is 13.8. The summed E-state index contributed by atoms with van der Waals surface area (Å²) in [5, 5.41) is 24.0. The van der Waals surface area contributed by atoms with E-state index < -0.39 is 39.6 Å². The van der Waals surface area contributed by atoms with Crippen molar-refractivity contribution in [2.45, 2.75) is 45.2 Å². The average molecular weight is 636 g/mol. The zero-order valence-electron chi connectivity index (χ0n) is 27.1. The van der Waals surface area contributed by atoms with Crippen LogP contribution in [0.25, 0.3) is 22.9 Å². The molecule has 0 fully saturated rings. The number of nitrogens with one attached hydrogen (secondary N) is 2. The fraction of sp³-hybridized carbons (Fsp3) is 0.276. The second-order valence-corrected chi connectivity index (χ2v) is 12.0. The quantitative estimate of drug-likeness (QED) is 0.189. The number of aromatic amines is 1. The van der Waals surface area contributed by atoms with Crippen molar-refractivity contribution in [3.63, 3.8) is 0 Å². The number of ether oxygens (including phenoxy) is 3. The molecule has 1 aromatic carbocycles. The van der Waals surface area contributed by atoms with Gasteiger partial charge in [0.15, 0.2) is 34.0 Å². The summed E-state index contributed by atoms with van der Waals surface area (Å²) < 4.78 is 64.6. The van der Waals surface area contributed by atoms with Crippen LogP contribution in [0.5, 0.6) is 23.1 Å². The molecule has 45 heavy (non-hydrogen) atoms. The lowest BCUT2D eigenvalue weighted by atomic mass is 10.2. The van der Waals surface area contributed by atoms with Gasteiger partial charge in [-0.25, -0.2) is 15.1 Å². The minimum atomic E-state index is -4.44. The van der Waals surface area contributed by atoms with Gasteiger partial charge >= 0.3 is 0 Å². The van der Waals surface area contributed by atoms with Crippen LogP contribution in [0, 0.1) is 20.8 Å². The molecule has 0 aliphatic rings. The van der Waals surface area contributed by atoms with Crippen LogP contribution in [0.2, 0.25) is 0 Å². The van der Waals surface area contributed by atoms with Gasteiger partial charge < -0.3 is 19.3 Å². The molecule has 0 aliphatic heterocycles. The summed E-state index contributed by atoms with van der Waals surface area (Å²) in [6, 6.07) is 9.79. The number of sulfonamides is 1. The Balaban J connectivity index is 1.78. The smallest absolute Gasteiger partial charge is 0.280 e. The van der Waals surface area contributed by atoms with E-state index in [1.165, 1.54) is 45.5 Å². The Bertz CT molecular complexity index is 2040. The van der Waals surface area contributed by atoms with E-state index in [4.69, 9.17) is 17.0 Å². The van der Waals surface area contributed by atoms with Gasteiger partial charge in [0.05, 0.1) is 15.5 Å². The van der Waals surface area contributed by atoms with Crippen LogP contribution in [-0.4, -0.2) is 73.4 Å². The van der Waals surface area contributed by atoms with Gasteiger partial charge in [-0.05, 0) is 79.9 Å². The largest absolute Gasteiger partial charge is 0.493 e. The van der Waals surface area contributed by atoms with Crippen LogP contribution < -0.4 is 18.9 Å². The van der Waals surface area contributed by atoms with Crippen molar-refractivity contribution in [1.82, 2.24) is 40.6 Å². The number of hydrogen-bond acceptors (Lipinski definition) is 13. The third kappa shape index (κ3) is 7.13. The minimum Gasteiger partial charge on any atom is -0.493 e. The highest BCUT2D eigenvalue weighted by Gasteiger charge is 2.28. The van der Waals surface area contributed by atoms with Gasteiger partial charge in [0.25, 0.3) is 15.9 Å². The number of tetrazole rings is 1. The minimum absolute atomic E-state index is 0.127. The molecule has 0 bridgehead atoms. The van der Waals surface area contributed by atoms with Crippen molar-refractivity contribution in [1.29, 1.82) is 0 Å². The van der Waals surface area contributed by atoms with E-state index >= 15 is 0 Å². The van der Waals surface area contributed by atoms with Gasteiger partial charge in [0.1, 0.15) is 12.3 Å². The van der Waals surface area contributed by atoms with Crippen molar-refractivity contribution in [3.05, 3.63) is 65.5 Å². The fourth-order valence-corrected chi connectivity index (χ4v) is 5.27. The van der Waals surface area contributed by atoms with Crippen molar-refractivity contribution in [2.75, 3.05) is 18.4 Å². The van der Waals surface area contributed by atoms with Crippen LogP contribution in [0.15, 0.2) is 53.8 Å². The summed E-state index contributed by atoms with van der Waals surface area (Å²) in [6.45, 7) is 4.74. The Kier molecular flexibility index (Phi) is 7.87. The monoisotopic (exact) mass is 635 g/mol. The normalized spacial score (nSPS) is 12.7. The molecule has 16 heteroatoms. The SMILES string of the molecule is [2H]C([2H])(Oc1nc(-c2ccnc(-c3nnn[nH]3)c2)nc(NS(=O)(=O)c2ncc(C)cc2C)c1Oc1c(C)cccc1OC)C(C)(C)O. The van der Waals surface area contributed by atoms with Crippen LogP contribution in [-0.2, 0) is 10.0 Å². The summed E-state index contributed by atoms with van der Waals surface area (Å²) in [5.74, 6) is -0.865. The summed E-state index contributed by atoms with van der Waals surface area (Å²) in [6.07, 6.45) is 2.84. The van der Waals surface area contributed by atoms with E-state index in [-0.39, 0.29) is 28.2 Å². The molecular weight excluding hydrogens is 602 g/mol. The van der Waals surface area contributed by atoms with Gasteiger partial charge in [-0.3, -0.25) is 9.71 Å². The molecule has 0 spiro atoms. The molecule has 0 unspecified atom stereocenters. The highest BCUT2D eigenvalue weighted by atomic mass is 32.2. The molecule has 0 aliphatic carbocycles. The topological polar surface area (TPSA) is 200 Å². The molecule has 4 aromatic heterocycles. The summed E-state index contributed by atoms with van der Waals surface area (Å²) >= 11 is 0. The van der Waals surface area contributed by atoms with Crippen molar-refractivity contribution < 1.29 is 30.5 Å². The highest BCUT2D eigenvalue weighted by Crippen LogP contribution is 2.43. The molecule has 0 radical (unpaired) electrons. The zero-order chi connectivity index (χ0) is 34.1. The van der Waals surface area contributed by atoms with E-state index in [2.05, 4.69) is 45.3 Å². The zero-order valence-corrected chi connectivity index (χ0v) is 26.0. The van der Waals surface area contributed by atoms with E-state index in [1.807, 2.05) is 0 Å². The van der Waals surface area contributed by atoms with Crippen LogP contribution >= 0.6 is 0 Å². The lowest BCUT2D eigenvalue weighted by Gasteiger charge is -2.22. The number of para-hydroxylation sites is 1. The lowest BCUT2D eigenvalue weighted by molar-refractivity contribution is 0.0260. The number of aryl methyl sites for hydroxylation is 3.